The van der Waals surface area contributed by atoms with Gasteiger partial charge in [-0.1, -0.05) is 36.4 Å². The molecule has 30 heavy (non-hydrogen) atoms. The Labute approximate surface area is 180 Å². The lowest BCUT2D eigenvalue weighted by Crippen LogP contribution is -2.42. The summed E-state index contributed by atoms with van der Waals surface area (Å²) >= 11 is 0. The number of ether oxygens (including phenoxy) is 1. The van der Waals surface area contributed by atoms with E-state index in [1.807, 2.05) is 30.3 Å². The first-order valence-electron chi connectivity index (χ1n) is 11.1. The van der Waals surface area contributed by atoms with Gasteiger partial charge in [0.15, 0.2) is 0 Å². The molecule has 5 heteroatoms. The van der Waals surface area contributed by atoms with Crippen LogP contribution in [-0.4, -0.2) is 55.5 Å². The largest absolute Gasteiger partial charge is 0.493 e. The molecule has 1 amide bonds. The molecule has 5 nitrogen and oxygen atoms in total. The van der Waals surface area contributed by atoms with Crippen LogP contribution in [0.15, 0.2) is 48.5 Å². The molecule has 0 spiro atoms. The summed E-state index contributed by atoms with van der Waals surface area (Å²) in [6, 6.07) is 16.6. The molecule has 0 bridgehead atoms. The van der Waals surface area contributed by atoms with E-state index in [2.05, 4.69) is 40.4 Å². The highest BCUT2D eigenvalue weighted by atomic mass is 16.5. The van der Waals surface area contributed by atoms with Crippen LogP contribution in [-0.2, 0) is 24.3 Å². The molecule has 0 radical (unpaired) electrons. The number of carbonyl (C=O) groups excluding carboxylic acids is 1. The number of piperidine rings is 1. The Kier molecular flexibility index (Phi) is 7.03. The Balaban J connectivity index is 1.16. The van der Waals surface area contributed by atoms with Crippen LogP contribution in [0.1, 0.15) is 29.5 Å². The van der Waals surface area contributed by atoms with Crippen molar-refractivity contribution in [1.82, 2.24) is 15.1 Å². The van der Waals surface area contributed by atoms with Crippen LogP contribution >= 0.6 is 0 Å². The number of amides is 1. The summed E-state index contributed by atoms with van der Waals surface area (Å²) in [5, 5.41) is 3.02. The fraction of sp³-hybridized carbons (Fsp3) is 0.480. The molecule has 2 aromatic carbocycles. The number of carbonyl (C=O) groups is 1. The smallest absolute Gasteiger partial charge is 0.234 e. The lowest BCUT2D eigenvalue weighted by atomic mass is 9.97. The molecule has 1 fully saturated rings. The van der Waals surface area contributed by atoms with Crippen LogP contribution in [0.25, 0.3) is 0 Å². The Morgan fingerprint density at radius 1 is 1.07 bits per heavy atom. The minimum Gasteiger partial charge on any atom is -0.493 e. The summed E-state index contributed by atoms with van der Waals surface area (Å²) in [7, 11) is 2.17. The monoisotopic (exact) mass is 407 g/mol. The van der Waals surface area contributed by atoms with Crippen LogP contribution in [0.2, 0.25) is 0 Å². The Bertz CT molecular complexity index is 832. The summed E-state index contributed by atoms with van der Waals surface area (Å²) in [5.41, 5.74) is 3.99. The quantitative estimate of drug-likeness (QED) is 0.766. The van der Waals surface area contributed by atoms with Crippen molar-refractivity contribution in [2.45, 2.75) is 32.4 Å². The lowest BCUT2D eigenvalue weighted by molar-refractivity contribution is -0.122. The SMILES string of the molecule is CN1CCc2ccc(OCC3CCN(CC(=O)NCc4ccccc4)CC3)cc2C1. The van der Waals surface area contributed by atoms with E-state index in [0.29, 0.717) is 19.0 Å². The molecule has 2 aliphatic heterocycles. The summed E-state index contributed by atoms with van der Waals surface area (Å²) < 4.78 is 6.13. The molecule has 0 unspecified atom stereocenters. The maximum atomic E-state index is 12.2. The van der Waals surface area contributed by atoms with E-state index < -0.39 is 0 Å². The summed E-state index contributed by atoms with van der Waals surface area (Å²) in [4.78, 5) is 16.9. The van der Waals surface area contributed by atoms with Gasteiger partial charge in [0, 0.05) is 19.6 Å². The lowest BCUT2D eigenvalue weighted by Gasteiger charge is -2.31. The third kappa shape index (κ3) is 5.83. The summed E-state index contributed by atoms with van der Waals surface area (Å²) in [6.07, 6.45) is 3.29. The molecule has 0 atom stereocenters. The second-order valence-electron chi connectivity index (χ2n) is 8.71. The van der Waals surface area contributed by atoms with Gasteiger partial charge in [-0.3, -0.25) is 9.69 Å². The molecule has 160 valence electrons. The average molecular weight is 408 g/mol. The number of nitrogens with zero attached hydrogens (tertiary/aromatic N) is 2. The van der Waals surface area contributed by atoms with Crippen molar-refractivity contribution in [2.75, 3.05) is 39.8 Å². The van der Waals surface area contributed by atoms with Crippen LogP contribution in [0, 0.1) is 5.92 Å². The van der Waals surface area contributed by atoms with E-state index in [1.165, 1.54) is 11.1 Å². The standard InChI is InChI=1S/C25H33N3O2/c1-27-12-11-22-7-8-24(15-23(22)17-27)30-19-21-9-13-28(14-10-21)18-25(29)26-16-20-5-3-2-4-6-20/h2-8,15,21H,9-14,16-19H2,1H3,(H,26,29). The fourth-order valence-corrected chi connectivity index (χ4v) is 4.35. The molecule has 4 rings (SSSR count). The predicted octanol–water partition coefficient (Wildman–Crippen LogP) is 3.08. The molecule has 1 N–H and O–H groups in total. The fourth-order valence-electron chi connectivity index (χ4n) is 4.35. The number of benzene rings is 2. The molecule has 2 aliphatic rings. The molecule has 2 heterocycles. The molecule has 1 saturated heterocycles. The number of hydrogen-bond acceptors (Lipinski definition) is 4. The first-order chi connectivity index (χ1) is 14.7. The maximum Gasteiger partial charge on any atom is 0.234 e. The van der Waals surface area contributed by atoms with Gasteiger partial charge in [0.1, 0.15) is 5.75 Å². The van der Waals surface area contributed by atoms with Gasteiger partial charge in [-0.2, -0.15) is 0 Å². The normalized spacial score (nSPS) is 18.0. The highest BCUT2D eigenvalue weighted by Crippen LogP contribution is 2.25. The van der Waals surface area contributed by atoms with Crippen molar-refractivity contribution in [3.8, 4) is 5.75 Å². The van der Waals surface area contributed by atoms with E-state index in [-0.39, 0.29) is 5.91 Å². The molecule has 2 aromatic rings. The van der Waals surface area contributed by atoms with Gasteiger partial charge in [-0.25, -0.2) is 0 Å². The molecule has 0 aliphatic carbocycles. The summed E-state index contributed by atoms with van der Waals surface area (Å²) in [6.45, 7) is 5.92. The number of likely N-dealkylation sites (N-methyl/N-ethyl adjacent to an activating group) is 1. The van der Waals surface area contributed by atoms with E-state index in [9.17, 15) is 4.79 Å². The average Bonchev–Trinajstić information content (AvgIpc) is 2.77. The number of nitrogens with one attached hydrogen (secondary N) is 1. The van der Waals surface area contributed by atoms with Crippen molar-refractivity contribution >= 4 is 5.91 Å². The third-order valence-corrected chi connectivity index (χ3v) is 6.27. The van der Waals surface area contributed by atoms with E-state index >= 15 is 0 Å². The maximum absolute atomic E-state index is 12.2. The van der Waals surface area contributed by atoms with Crippen molar-refractivity contribution in [3.05, 3.63) is 65.2 Å². The van der Waals surface area contributed by atoms with Gasteiger partial charge in [0.05, 0.1) is 13.2 Å². The predicted molar refractivity (Wildman–Crippen MR) is 119 cm³/mol. The van der Waals surface area contributed by atoms with Crippen molar-refractivity contribution in [2.24, 2.45) is 5.92 Å². The van der Waals surface area contributed by atoms with Gasteiger partial charge >= 0.3 is 0 Å². The third-order valence-electron chi connectivity index (χ3n) is 6.27. The van der Waals surface area contributed by atoms with E-state index in [4.69, 9.17) is 4.74 Å². The van der Waals surface area contributed by atoms with E-state index in [1.54, 1.807) is 0 Å². The van der Waals surface area contributed by atoms with Crippen molar-refractivity contribution < 1.29 is 9.53 Å². The molecule has 0 saturated carbocycles. The van der Waals surface area contributed by atoms with Crippen LogP contribution < -0.4 is 10.1 Å². The Morgan fingerprint density at radius 3 is 2.67 bits per heavy atom. The molecular weight excluding hydrogens is 374 g/mol. The Hall–Kier alpha value is -2.37. The zero-order chi connectivity index (χ0) is 20.8. The minimum atomic E-state index is 0.104. The number of fused-ring (bicyclic) bond motifs is 1. The van der Waals surface area contributed by atoms with Crippen molar-refractivity contribution in [1.29, 1.82) is 0 Å². The zero-order valence-corrected chi connectivity index (χ0v) is 18.0. The Morgan fingerprint density at radius 2 is 1.87 bits per heavy atom. The van der Waals surface area contributed by atoms with Crippen LogP contribution in [0.3, 0.4) is 0 Å². The minimum absolute atomic E-state index is 0.104. The molecular formula is C25H33N3O2. The first-order valence-corrected chi connectivity index (χ1v) is 11.1. The van der Waals surface area contributed by atoms with Crippen molar-refractivity contribution in [3.63, 3.8) is 0 Å². The second kappa shape index (κ2) is 10.1. The first kappa shape index (κ1) is 20.9. The molecule has 0 aromatic heterocycles. The van der Waals surface area contributed by atoms with E-state index in [0.717, 1.165) is 63.4 Å². The number of rotatable bonds is 7. The van der Waals surface area contributed by atoms with Gasteiger partial charge in [-0.15, -0.1) is 0 Å². The number of likely N-dealkylation sites (tertiary alicyclic amines) is 1. The van der Waals surface area contributed by atoms with Crippen LogP contribution in [0.4, 0.5) is 0 Å². The summed E-state index contributed by atoms with van der Waals surface area (Å²) in [5.74, 6) is 1.66. The highest BCUT2D eigenvalue weighted by molar-refractivity contribution is 5.78. The second-order valence-corrected chi connectivity index (χ2v) is 8.71. The van der Waals surface area contributed by atoms with Gasteiger partial charge in [-0.05, 0) is 74.1 Å². The van der Waals surface area contributed by atoms with Crippen LogP contribution in [0.5, 0.6) is 5.75 Å². The zero-order valence-electron chi connectivity index (χ0n) is 18.0. The van der Waals surface area contributed by atoms with Gasteiger partial charge < -0.3 is 15.0 Å². The van der Waals surface area contributed by atoms with Gasteiger partial charge in [0.2, 0.25) is 5.91 Å². The highest BCUT2D eigenvalue weighted by Gasteiger charge is 2.21. The topological polar surface area (TPSA) is 44.8 Å². The number of hydrogen-bond donors (Lipinski definition) is 1. The van der Waals surface area contributed by atoms with Gasteiger partial charge in [0.25, 0.3) is 0 Å².